The van der Waals surface area contributed by atoms with E-state index in [2.05, 4.69) is 19.7 Å². The number of nitrogens with one attached hydrogen (secondary N) is 1. The molecule has 25 heavy (non-hydrogen) atoms. The Balaban J connectivity index is 1.34. The van der Waals surface area contributed by atoms with Crippen LogP contribution in [0.4, 0.5) is 0 Å². The van der Waals surface area contributed by atoms with Gasteiger partial charge in [-0.3, -0.25) is 9.89 Å². The normalized spacial score (nSPS) is 17.9. The highest BCUT2D eigenvalue weighted by Crippen LogP contribution is 2.21. The lowest BCUT2D eigenvalue weighted by Gasteiger charge is -2.32. The molecular formula is C19H23N5O. The Morgan fingerprint density at radius 3 is 3.08 bits per heavy atom. The van der Waals surface area contributed by atoms with Gasteiger partial charge in [0.1, 0.15) is 0 Å². The molecule has 1 aliphatic heterocycles. The molecule has 1 atom stereocenters. The van der Waals surface area contributed by atoms with Gasteiger partial charge in [0, 0.05) is 37.9 Å². The van der Waals surface area contributed by atoms with Gasteiger partial charge in [0.15, 0.2) is 0 Å². The van der Waals surface area contributed by atoms with Gasteiger partial charge in [-0.15, -0.1) is 0 Å². The molecule has 4 rings (SSSR count). The van der Waals surface area contributed by atoms with E-state index >= 15 is 0 Å². The van der Waals surface area contributed by atoms with E-state index in [0.717, 1.165) is 42.7 Å². The van der Waals surface area contributed by atoms with Crippen LogP contribution >= 0.6 is 0 Å². The molecule has 6 nitrogen and oxygen atoms in total. The van der Waals surface area contributed by atoms with Crippen molar-refractivity contribution in [1.82, 2.24) is 24.6 Å². The van der Waals surface area contributed by atoms with Crippen LogP contribution in [-0.2, 0) is 17.8 Å². The van der Waals surface area contributed by atoms with Gasteiger partial charge in [-0.05, 0) is 43.4 Å². The Hall–Kier alpha value is -2.63. The number of hydrogen-bond acceptors (Lipinski definition) is 3. The third-order valence-corrected chi connectivity index (χ3v) is 5.03. The minimum atomic E-state index is 0.243. The average molecular weight is 337 g/mol. The largest absolute Gasteiger partial charge is 0.342 e. The number of nitrogens with zero attached hydrogens (tertiary/aromatic N) is 4. The second kappa shape index (κ2) is 7.09. The molecule has 3 aromatic rings. The molecule has 1 aliphatic rings. The van der Waals surface area contributed by atoms with Crippen LogP contribution in [0.15, 0.2) is 42.9 Å². The van der Waals surface area contributed by atoms with Crippen molar-refractivity contribution in [2.24, 2.45) is 5.92 Å². The zero-order valence-corrected chi connectivity index (χ0v) is 14.3. The first-order valence-electron chi connectivity index (χ1n) is 8.95. The summed E-state index contributed by atoms with van der Waals surface area (Å²) in [7, 11) is 0. The number of para-hydroxylation sites is 2. The molecule has 0 aliphatic carbocycles. The molecule has 1 aromatic carbocycles. The highest BCUT2D eigenvalue weighted by Gasteiger charge is 2.24. The van der Waals surface area contributed by atoms with Crippen LogP contribution in [-0.4, -0.2) is 43.6 Å². The molecule has 1 N–H and O–H groups in total. The second-order valence-corrected chi connectivity index (χ2v) is 6.81. The molecule has 0 unspecified atom stereocenters. The smallest absolute Gasteiger partial charge is 0.224 e. The van der Waals surface area contributed by atoms with Gasteiger partial charge in [-0.25, -0.2) is 4.98 Å². The molecule has 3 heterocycles. The van der Waals surface area contributed by atoms with Gasteiger partial charge >= 0.3 is 0 Å². The van der Waals surface area contributed by atoms with E-state index in [-0.39, 0.29) is 5.91 Å². The highest BCUT2D eigenvalue weighted by atomic mass is 16.2. The summed E-state index contributed by atoms with van der Waals surface area (Å²) in [5.74, 6) is 0.763. The third kappa shape index (κ3) is 3.57. The summed E-state index contributed by atoms with van der Waals surface area (Å²) >= 11 is 0. The number of carbonyl (C=O) groups is 1. The van der Waals surface area contributed by atoms with E-state index in [4.69, 9.17) is 0 Å². The van der Waals surface area contributed by atoms with Gasteiger partial charge in [-0.1, -0.05) is 12.1 Å². The molecular weight excluding hydrogens is 314 g/mol. The molecule has 0 spiro atoms. The van der Waals surface area contributed by atoms with Crippen LogP contribution in [0.1, 0.15) is 25.0 Å². The number of aromatic nitrogens is 4. The molecule has 1 saturated heterocycles. The predicted octanol–water partition coefficient (Wildman–Crippen LogP) is 2.63. The Morgan fingerprint density at radius 1 is 1.28 bits per heavy atom. The molecule has 0 radical (unpaired) electrons. The number of benzene rings is 1. The number of aryl methyl sites for hydroxylation is 1. The van der Waals surface area contributed by atoms with Gasteiger partial charge in [0.2, 0.25) is 5.91 Å². The molecule has 130 valence electrons. The maximum Gasteiger partial charge on any atom is 0.224 e. The minimum Gasteiger partial charge on any atom is -0.342 e. The van der Waals surface area contributed by atoms with Crippen molar-refractivity contribution in [3.8, 4) is 0 Å². The molecule has 2 aromatic heterocycles. The third-order valence-electron chi connectivity index (χ3n) is 5.03. The van der Waals surface area contributed by atoms with E-state index in [1.54, 1.807) is 6.20 Å². The average Bonchev–Trinajstić information content (AvgIpc) is 3.30. The molecule has 6 heteroatoms. The molecule has 1 fully saturated rings. The van der Waals surface area contributed by atoms with Crippen LogP contribution in [0, 0.1) is 5.92 Å². The summed E-state index contributed by atoms with van der Waals surface area (Å²) in [6.07, 6.45) is 7.37. The van der Waals surface area contributed by atoms with Crippen LogP contribution in [0.25, 0.3) is 11.0 Å². The summed E-state index contributed by atoms with van der Waals surface area (Å²) in [5, 5.41) is 7.04. The molecule has 0 saturated carbocycles. The second-order valence-electron chi connectivity index (χ2n) is 6.81. The number of carbonyl (C=O) groups excluding carboxylic acids is 1. The number of H-pyrrole nitrogens is 1. The predicted molar refractivity (Wildman–Crippen MR) is 95.9 cm³/mol. The van der Waals surface area contributed by atoms with Crippen LogP contribution < -0.4 is 0 Å². The SMILES string of the molecule is O=C(CCn1cnc2ccccc21)N1CCC[C@@H](Cc2ccn[nH]2)C1. The van der Waals surface area contributed by atoms with E-state index in [9.17, 15) is 4.79 Å². The quantitative estimate of drug-likeness (QED) is 0.778. The van der Waals surface area contributed by atoms with Gasteiger partial charge < -0.3 is 9.47 Å². The van der Waals surface area contributed by atoms with E-state index in [0.29, 0.717) is 18.9 Å². The number of fused-ring (bicyclic) bond motifs is 1. The number of likely N-dealkylation sites (tertiary alicyclic amines) is 1. The zero-order valence-electron chi connectivity index (χ0n) is 14.3. The number of imidazole rings is 1. The number of piperidine rings is 1. The summed E-state index contributed by atoms with van der Waals surface area (Å²) in [5.41, 5.74) is 3.22. The number of aromatic amines is 1. The highest BCUT2D eigenvalue weighted by molar-refractivity contribution is 5.77. The lowest BCUT2D eigenvalue weighted by atomic mass is 9.93. The minimum absolute atomic E-state index is 0.243. The Labute approximate surface area is 146 Å². The zero-order chi connectivity index (χ0) is 17.1. The van der Waals surface area contributed by atoms with Crippen molar-refractivity contribution in [3.05, 3.63) is 48.5 Å². The van der Waals surface area contributed by atoms with Crippen molar-refractivity contribution < 1.29 is 4.79 Å². The standard InChI is InChI=1S/C19H23N5O/c25-19(8-11-24-14-20-17-5-1-2-6-18(17)24)23-10-3-4-15(13-23)12-16-7-9-21-22-16/h1-2,5-7,9,14-15H,3-4,8,10-13H2,(H,21,22)/t15-/m0/s1. The van der Waals surface area contributed by atoms with Crippen molar-refractivity contribution in [2.45, 2.75) is 32.2 Å². The fourth-order valence-corrected chi connectivity index (χ4v) is 3.73. The number of amides is 1. The monoisotopic (exact) mass is 337 g/mol. The summed E-state index contributed by atoms with van der Waals surface area (Å²) in [6.45, 7) is 2.41. The topological polar surface area (TPSA) is 66.8 Å². The lowest BCUT2D eigenvalue weighted by Crippen LogP contribution is -2.40. The fraction of sp³-hybridized carbons (Fsp3) is 0.421. The maximum absolute atomic E-state index is 12.6. The Kier molecular flexibility index (Phi) is 4.50. The van der Waals surface area contributed by atoms with Gasteiger partial charge in [0.25, 0.3) is 0 Å². The van der Waals surface area contributed by atoms with Crippen molar-refractivity contribution in [1.29, 1.82) is 0 Å². The summed E-state index contributed by atoms with van der Waals surface area (Å²) in [4.78, 5) is 19.1. The number of rotatable bonds is 5. The molecule has 1 amide bonds. The van der Waals surface area contributed by atoms with E-state index in [1.165, 1.54) is 6.42 Å². The molecule has 0 bridgehead atoms. The van der Waals surface area contributed by atoms with E-state index in [1.807, 2.05) is 41.6 Å². The Morgan fingerprint density at radius 2 is 2.20 bits per heavy atom. The van der Waals surface area contributed by atoms with Gasteiger partial charge in [-0.2, -0.15) is 5.10 Å². The van der Waals surface area contributed by atoms with Crippen molar-refractivity contribution >= 4 is 16.9 Å². The van der Waals surface area contributed by atoms with Gasteiger partial charge in [0.05, 0.1) is 17.4 Å². The number of hydrogen-bond donors (Lipinski definition) is 1. The first-order chi connectivity index (χ1) is 12.3. The summed E-state index contributed by atoms with van der Waals surface area (Å²) < 4.78 is 2.07. The first-order valence-corrected chi connectivity index (χ1v) is 8.95. The van der Waals surface area contributed by atoms with Crippen LogP contribution in [0.3, 0.4) is 0 Å². The van der Waals surface area contributed by atoms with Crippen LogP contribution in [0.2, 0.25) is 0 Å². The fourth-order valence-electron chi connectivity index (χ4n) is 3.73. The van der Waals surface area contributed by atoms with Crippen LogP contribution in [0.5, 0.6) is 0 Å². The Bertz CT molecular complexity index is 839. The first kappa shape index (κ1) is 15.9. The lowest BCUT2D eigenvalue weighted by molar-refractivity contribution is -0.133. The van der Waals surface area contributed by atoms with Crippen molar-refractivity contribution in [3.63, 3.8) is 0 Å². The summed E-state index contributed by atoms with van der Waals surface area (Å²) in [6, 6.07) is 10.1. The maximum atomic E-state index is 12.6. The van der Waals surface area contributed by atoms with Crippen molar-refractivity contribution in [2.75, 3.05) is 13.1 Å². The van der Waals surface area contributed by atoms with E-state index < -0.39 is 0 Å².